The number of aromatic nitrogens is 2. The van der Waals surface area contributed by atoms with Crippen LogP contribution in [0.3, 0.4) is 0 Å². The smallest absolute Gasteiger partial charge is 0.356 e. The van der Waals surface area contributed by atoms with Crippen molar-refractivity contribution < 1.29 is 13.2 Å². The second-order valence-electron chi connectivity index (χ2n) is 5.79. The number of alkyl halides is 3. The van der Waals surface area contributed by atoms with Crippen LogP contribution in [0.4, 0.5) is 19.0 Å². The minimum Gasteiger partial charge on any atom is -0.356 e. The Labute approximate surface area is 127 Å². The summed E-state index contributed by atoms with van der Waals surface area (Å²) in [4.78, 5) is 9.41. The average Bonchev–Trinajstić information content (AvgIpc) is 2.53. The summed E-state index contributed by atoms with van der Waals surface area (Å²) in [6, 6.07) is 7.12. The van der Waals surface area contributed by atoms with Gasteiger partial charge < -0.3 is 4.90 Å². The van der Waals surface area contributed by atoms with E-state index >= 15 is 0 Å². The molecule has 22 heavy (non-hydrogen) atoms. The highest BCUT2D eigenvalue weighted by molar-refractivity contribution is 5.89. The number of nitrogens with zero attached hydrogens (tertiary/aromatic N) is 3. The Morgan fingerprint density at radius 1 is 1.05 bits per heavy atom. The predicted molar refractivity (Wildman–Crippen MR) is 79.8 cm³/mol. The molecule has 1 aromatic heterocycles. The van der Waals surface area contributed by atoms with Gasteiger partial charge in [0.15, 0.2) is 0 Å². The van der Waals surface area contributed by atoms with Crippen molar-refractivity contribution in [3.05, 3.63) is 30.1 Å². The van der Waals surface area contributed by atoms with Crippen LogP contribution in [-0.2, 0) is 6.18 Å². The summed E-state index contributed by atoms with van der Waals surface area (Å²) < 4.78 is 39.2. The van der Waals surface area contributed by atoms with E-state index in [1.54, 1.807) is 24.3 Å². The fourth-order valence-electron chi connectivity index (χ4n) is 3.10. The molecule has 1 aromatic carbocycles. The molecule has 0 aliphatic heterocycles. The van der Waals surface area contributed by atoms with Crippen LogP contribution < -0.4 is 4.90 Å². The maximum Gasteiger partial charge on any atom is 0.451 e. The lowest BCUT2D eigenvalue weighted by Gasteiger charge is -2.32. The normalized spacial score (nSPS) is 16.9. The summed E-state index contributed by atoms with van der Waals surface area (Å²) in [6.45, 7) is 0. The number of fused-ring (bicyclic) bond motifs is 1. The van der Waals surface area contributed by atoms with Crippen molar-refractivity contribution in [2.24, 2.45) is 0 Å². The Morgan fingerprint density at radius 3 is 2.41 bits per heavy atom. The Morgan fingerprint density at radius 2 is 1.73 bits per heavy atom. The quantitative estimate of drug-likeness (QED) is 0.822. The number of rotatable bonds is 2. The maximum atomic E-state index is 13.1. The maximum absolute atomic E-state index is 13.1. The Kier molecular flexibility index (Phi) is 3.93. The van der Waals surface area contributed by atoms with Crippen molar-refractivity contribution in [1.29, 1.82) is 0 Å². The van der Waals surface area contributed by atoms with E-state index < -0.39 is 12.0 Å². The third-order valence-corrected chi connectivity index (χ3v) is 4.29. The molecule has 3 rings (SSSR count). The highest BCUT2D eigenvalue weighted by atomic mass is 19.4. The number of hydrogen-bond donors (Lipinski definition) is 0. The lowest BCUT2D eigenvalue weighted by Crippen LogP contribution is -2.34. The molecular formula is C16H18F3N3. The fraction of sp³-hybridized carbons (Fsp3) is 0.500. The summed E-state index contributed by atoms with van der Waals surface area (Å²) in [5, 5.41) is 0.670. The molecule has 0 bridgehead atoms. The summed E-state index contributed by atoms with van der Waals surface area (Å²) >= 11 is 0. The lowest BCUT2D eigenvalue weighted by atomic mass is 9.94. The Balaban J connectivity index is 2.09. The van der Waals surface area contributed by atoms with Crippen LogP contribution in [0, 0.1) is 0 Å². The zero-order valence-corrected chi connectivity index (χ0v) is 12.4. The Hall–Kier alpha value is -1.85. The van der Waals surface area contributed by atoms with Crippen molar-refractivity contribution in [3.8, 4) is 0 Å². The van der Waals surface area contributed by atoms with Crippen LogP contribution in [0.1, 0.15) is 37.9 Å². The van der Waals surface area contributed by atoms with Crippen molar-refractivity contribution >= 4 is 16.7 Å². The van der Waals surface area contributed by atoms with Gasteiger partial charge in [-0.3, -0.25) is 0 Å². The fourth-order valence-corrected chi connectivity index (χ4v) is 3.10. The highest BCUT2D eigenvalue weighted by Gasteiger charge is 2.36. The van der Waals surface area contributed by atoms with E-state index in [1.807, 2.05) is 11.9 Å². The van der Waals surface area contributed by atoms with Gasteiger partial charge in [0.25, 0.3) is 0 Å². The van der Waals surface area contributed by atoms with E-state index in [1.165, 1.54) is 6.42 Å². The van der Waals surface area contributed by atoms with Gasteiger partial charge >= 0.3 is 6.18 Å². The van der Waals surface area contributed by atoms with Gasteiger partial charge in [0.2, 0.25) is 5.82 Å². The van der Waals surface area contributed by atoms with E-state index in [0.717, 1.165) is 25.7 Å². The second kappa shape index (κ2) is 5.74. The summed E-state index contributed by atoms with van der Waals surface area (Å²) in [5.41, 5.74) is 0.336. The van der Waals surface area contributed by atoms with Crippen molar-refractivity contribution in [2.45, 2.75) is 44.3 Å². The third-order valence-electron chi connectivity index (χ3n) is 4.29. The van der Waals surface area contributed by atoms with E-state index in [2.05, 4.69) is 9.97 Å². The molecular weight excluding hydrogens is 291 g/mol. The van der Waals surface area contributed by atoms with E-state index in [9.17, 15) is 13.2 Å². The summed E-state index contributed by atoms with van der Waals surface area (Å²) in [7, 11) is 1.84. The van der Waals surface area contributed by atoms with E-state index in [0.29, 0.717) is 16.7 Å². The van der Waals surface area contributed by atoms with Crippen LogP contribution in [0.15, 0.2) is 24.3 Å². The first-order valence-electron chi connectivity index (χ1n) is 7.53. The van der Waals surface area contributed by atoms with Crippen LogP contribution in [0.25, 0.3) is 10.9 Å². The third kappa shape index (κ3) is 2.87. The van der Waals surface area contributed by atoms with Crippen molar-refractivity contribution in [2.75, 3.05) is 11.9 Å². The monoisotopic (exact) mass is 309 g/mol. The first-order chi connectivity index (χ1) is 10.5. The van der Waals surface area contributed by atoms with Gasteiger partial charge in [-0.05, 0) is 25.0 Å². The molecule has 3 nitrogen and oxygen atoms in total. The molecule has 1 heterocycles. The van der Waals surface area contributed by atoms with Gasteiger partial charge in [0, 0.05) is 18.5 Å². The van der Waals surface area contributed by atoms with E-state index in [-0.39, 0.29) is 6.04 Å². The SMILES string of the molecule is CN(c1nc(C(F)(F)F)nc2ccccc12)C1CCCCC1. The van der Waals surface area contributed by atoms with Gasteiger partial charge in [0.05, 0.1) is 5.52 Å². The molecule has 2 aromatic rings. The lowest BCUT2D eigenvalue weighted by molar-refractivity contribution is -0.144. The molecule has 0 unspecified atom stereocenters. The van der Waals surface area contributed by atoms with Crippen LogP contribution in [0.5, 0.6) is 0 Å². The van der Waals surface area contributed by atoms with Crippen molar-refractivity contribution in [3.63, 3.8) is 0 Å². The molecule has 1 saturated carbocycles. The molecule has 0 N–H and O–H groups in total. The first kappa shape index (κ1) is 15.1. The number of halogens is 3. The van der Waals surface area contributed by atoms with Gasteiger partial charge in [-0.15, -0.1) is 0 Å². The number of benzene rings is 1. The molecule has 0 atom stereocenters. The minimum absolute atomic E-state index is 0.244. The first-order valence-corrected chi connectivity index (χ1v) is 7.53. The number of anilines is 1. The molecule has 0 amide bonds. The second-order valence-corrected chi connectivity index (χ2v) is 5.79. The largest absolute Gasteiger partial charge is 0.451 e. The number of hydrogen-bond acceptors (Lipinski definition) is 3. The topological polar surface area (TPSA) is 29.0 Å². The van der Waals surface area contributed by atoms with Gasteiger partial charge in [-0.2, -0.15) is 13.2 Å². The molecule has 1 aliphatic rings. The zero-order chi connectivity index (χ0) is 15.7. The highest BCUT2D eigenvalue weighted by Crippen LogP contribution is 2.33. The Bertz CT molecular complexity index is 663. The molecule has 1 fully saturated rings. The molecule has 6 heteroatoms. The molecule has 0 spiro atoms. The zero-order valence-electron chi connectivity index (χ0n) is 12.4. The van der Waals surface area contributed by atoms with Crippen LogP contribution in [-0.4, -0.2) is 23.1 Å². The van der Waals surface area contributed by atoms with Crippen LogP contribution in [0.2, 0.25) is 0 Å². The summed E-state index contributed by atoms with van der Waals surface area (Å²) in [6.07, 6.45) is 0.884. The molecule has 0 radical (unpaired) electrons. The predicted octanol–water partition coefficient (Wildman–Crippen LogP) is 4.42. The van der Waals surface area contributed by atoms with Crippen molar-refractivity contribution in [1.82, 2.24) is 9.97 Å². The van der Waals surface area contributed by atoms with Gasteiger partial charge in [-0.25, -0.2) is 9.97 Å². The van der Waals surface area contributed by atoms with E-state index in [4.69, 9.17) is 0 Å². The average molecular weight is 309 g/mol. The molecule has 118 valence electrons. The summed E-state index contributed by atoms with van der Waals surface area (Å²) in [5.74, 6) is -0.686. The van der Waals surface area contributed by atoms with Gasteiger partial charge in [-0.1, -0.05) is 31.4 Å². The minimum atomic E-state index is -4.54. The van der Waals surface area contributed by atoms with Crippen LogP contribution >= 0.6 is 0 Å². The number of para-hydroxylation sites is 1. The molecule has 1 aliphatic carbocycles. The standard InChI is InChI=1S/C16H18F3N3/c1-22(11-7-3-2-4-8-11)14-12-9-5-6-10-13(12)20-15(21-14)16(17,18)19/h5-6,9-11H,2-4,7-8H2,1H3. The molecule has 0 saturated heterocycles. The van der Waals surface area contributed by atoms with Gasteiger partial charge in [0.1, 0.15) is 5.82 Å².